The van der Waals surface area contributed by atoms with Gasteiger partial charge in [-0.2, -0.15) is 0 Å². The molecule has 0 aromatic heterocycles. The van der Waals surface area contributed by atoms with Gasteiger partial charge in [-0.15, -0.1) is 0 Å². The van der Waals surface area contributed by atoms with Gasteiger partial charge >= 0.3 is 0 Å². The fourth-order valence-electron chi connectivity index (χ4n) is 2.63. The lowest BCUT2D eigenvalue weighted by molar-refractivity contribution is 0.360. The van der Waals surface area contributed by atoms with E-state index in [4.69, 9.17) is 5.73 Å². The summed E-state index contributed by atoms with van der Waals surface area (Å²) in [4.78, 5) is 4.93. The molecule has 2 N–H and O–H groups in total. The molecule has 1 saturated heterocycles. The van der Waals surface area contributed by atoms with Gasteiger partial charge in [0.1, 0.15) is 0 Å². The maximum Gasteiger partial charge on any atom is 0.0399 e. The minimum Gasteiger partial charge on any atom is -0.370 e. The SMILES string of the molecule is CC(N)Cc1ccccc1N1CCCN(C)CC1. The van der Waals surface area contributed by atoms with Crippen molar-refractivity contribution in [2.45, 2.75) is 25.8 Å². The van der Waals surface area contributed by atoms with Crippen LogP contribution in [0, 0.1) is 0 Å². The van der Waals surface area contributed by atoms with Gasteiger partial charge in [-0.25, -0.2) is 0 Å². The van der Waals surface area contributed by atoms with Gasteiger partial charge in [0.2, 0.25) is 0 Å². The number of benzene rings is 1. The van der Waals surface area contributed by atoms with Crippen molar-refractivity contribution in [3.63, 3.8) is 0 Å². The molecule has 1 aliphatic rings. The van der Waals surface area contributed by atoms with Crippen LogP contribution in [0.5, 0.6) is 0 Å². The molecule has 1 atom stereocenters. The van der Waals surface area contributed by atoms with E-state index in [0.29, 0.717) is 0 Å². The van der Waals surface area contributed by atoms with Crippen LogP contribution in [0.25, 0.3) is 0 Å². The quantitative estimate of drug-likeness (QED) is 0.883. The van der Waals surface area contributed by atoms with E-state index < -0.39 is 0 Å². The van der Waals surface area contributed by atoms with Crippen LogP contribution in [-0.4, -0.2) is 44.2 Å². The number of nitrogens with zero attached hydrogens (tertiary/aromatic N) is 2. The highest BCUT2D eigenvalue weighted by atomic mass is 15.2. The number of para-hydroxylation sites is 1. The van der Waals surface area contributed by atoms with Crippen LogP contribution in [0.4, 0.5) is 5.69 Å². The fraction of sp³-hybridized carbons (Fsp3) is 0.600. The van der Waals surface area contributed by atoms with E-state index in [2.05, 4.69) is 48.0 Å². The van der Waals surface area contributed by atoms with Gasteiger partial charge in [-0.05, 0) is 45.0 Å². The molecule has 3 heteroatoms. The molecule has 1 aromatic rings. The number of anilines is 1. The highest BCUT2D eigenvalue weighted by Gasteiger charge is 2.15. The van der Waals surface area contributed by atoms with Crippen molar-refractivity contribution in [2.75, 3.05) is 38.1 Å². The fourth-order valence-corrected chi connectivity index (χ4v) is 2.63. The lowest BCUT2D eigenvalue weighted by Gasteiger charge is -2.26. The van der Waals surface area contributed by atoms with Gasteiger partial charge in [-0.3, -0.25) is 0 Å². The second-order valence-electron chi connectivity index (χ2n) is 5.45. The Kier molecular flexibility index (Phi) is 4.61. The number of hydrogen-bond donors (Lipinski definition) is 1. The summed E-state index contributed by atoms with van der Waals surface area (Å²) in [5.41, 5.74) is 8.71. The molecule has 2 rings (SSSR count). The molecular weight excluding hydrogens is 222 g/mol. The van der Waals surface area contributed by atoms with Crippen LogP contribution in [0.2, 0.25) is 0 Å². The zero-order valence-electron chi connectivity index (χ0n) is 11.6. The van der Waals surface area contributed by atoms with Crippen molar-refractivity contribution in [1.29, 1.82) is 0 Å². The Morgan fingerprint density at radius 1 is 1.17 bits per heavy atom. The molecule has 0 amide bonds. The van der Waals surface area contributed by atoms with Crippen molar-refractivity contribution >= 4 is 5.69 Å². The average molecular weight is 247 g/mol. The Morgan fingerprint density at radius 2 is 1.94 bits per heavy atom. The Balaban J connectivity index is 2.15. The zero-order valence-corrected chi connectivity index (χ0v) is 11.6. The summed E-state index contributed by atoms with van der Waals surface area (Å²) in [5.74, 6) is 0. The topological polar surface area (TPSA) is 32.5 Å². The minimum absolute atomic E-state index is 0.223. The summed E-state index contributed by atoms with van der Waals surface area (Å²) >= 11 is 0. The van der Waals surface area contributed by atoms with Crippen LogP contribution in [0.15, 0.2) is 24.3 Å². The normalized spacial score (nSPS) is 19.6. The lowest BCUT2D eigenvalue weighted by Crippen LogP contribution is -2.30. The standard InChI is InChI=1S/C15H25N3/c1-13(16)12-14-6-3-4-7-15(14)18-9-5-8-17(2)10-11-18/h3-4,6-7,13H,5,8-12,16H2,1-2H3. The van der Waals surface area contributed by atoms with E-state index >= 15 is 0 Å². The molecule has 0 radical (unpaired) electrons. The van der Waals surface area contributed by atoms with E-state index in [1.54, 1.807) is 0 Å². The molecular formula is C15H25N3. The molecule has 0 spiro atoms. The molecule has 0 saturated carbocycles. The first-order chi connectivity index (χ1) is 8.66. The first kappa shape index (κ1) is 13.4. The van der Waals surface area contributed by atoms with Gasteiger partial charge in [0.15, 0.2) is 0 Å². The van der Waals surface area contributed by atoms with Crippen molar-refractivity contribution < 1.29 is 0 Å². The van der Waals surface area contributed by atoms with E-state index in [-0.39, 0.29) is 6.04 Å². The van der Waals surface area contributed by atoms with Crippen molar-refractivity contribution in [3.05, 3.63) is 29.8 Å². The number of likely N-dealkylation sites (N-methyl/N-ethyl adjacent to an activating group) is 1. The highest BCUT2D eigenvalue weighted by Crippen LogP contribution is 2.22. The van der Waals surface area contributed by atoms with Gasteiger partial charge in [0.25, 0.3) is 0 Å². The van der Waals surface area contributed by atoms with Gasteiger partial charge in [-0.1, -0.05) is 18.2 Å². The van der Waals surface area contributed by atoms with Crippen molar-refractivity contribution in [2.24, 2.45) is 5.73 Å². The third kappa shape index (κ3) is 3.47. The predicted octanol–water partition coefficient (Wildman–Crippen LogP) is 1.72. The van der Waals surface area contributed by atoms with E-state index in [0.717, 1.165) is 26.1 Å². The predicted molar refractivity (Wildman–Crippen MR) is 78.1 cm³/mol. The number of hydrogen-bond acceptors (Lipinski definition) is 3. The Bertz CT molecular complexity index is 376. The molecule has 100 valence electrons. The van der Waals surface area contributed by atoms with Gasteiger partial charge in [0, 0.05) is 31.4 Å². The molecule has 18 heavy (non-hydrogen) atoms. The summed E-state index contributed by atoms with van der Waals surface area (Å²) in [7, 11) is 2.21. The van der Waals surface area contributed by atoms with E-state index in [9.17, 15) is 0 Å². The monoisotopic (exact) mass is 247 g/mol. The third-order valence-electron chi connectivity index (χ3n) is 3.59. The molecule has 1 heterocycles. The molecule has 1 aromatic carbocycles. The summed E-state index contributed by atoms with van der Waals surface area (Å²) in [5, 5.41) is 0. The van der Waals surface area contributed by atoms with Crippen LogP contribution >= 0.6 is 0 Å². The largest absolute Gasteiger partial charge is 0.370 e. The molecule has 1 fully saturated rings. The average Bonchev–Trinajstić information content (AvgIpc) is 2.54. The number of rotatable bonds is 3. The Hall–Kier alpha value is -1.06. The number of nitrogens with two attached hydrogens (primary N) is 1. The second kappa shape index (κ2) is 6.21. The Morgan fingerprint density at radius 3 is 2.72 bits per heavy atom. The van der Waals surface area contributed by atoms with Crippen LogP contribution in [0.1, 0.15) is 18.9 Å². The maximum absolute atomic E-state index is 5.95. The van der Waals surface area contributed by atoms with Crippen molar-refractivity contribution in [1.82, 2.24) is 4.90 Å². The third-order valence-corrected chi connectivity index (χ3v) is 3.59. The summed E-state index contributed by atoms with van der Waals surface area (Å²) in [6, 6.07) is 8.93. The van der Waals surface area contributed by atoms with Crippen molar-refractivity contribution in [3.8, 4) is 0 Å². The molecule has 3 nitrogen and oxygen atoms in total. The van der Waals surface area contributed by atoms with E-state index in [1.165, 1.54) is 24.2 Å². The highest BCUT2D eigenvalue weighted by molar-refractivity contribution is 5.54. The van der Waals surface area contributed by atoms with Crippen LogP contribution < -0.4 is 10.6 Å². The minimum atomic E-state index is 0.223. The van der Waals surface area contributed by atoms with Gasteiger partial charge < -0.3 is 15.5 Å². The molecule has 0 bridgehead atoms. The zero-order chi connectivity index (χ0) is 13.0. The molecule has 0 aliphatic carbocycles. The van der Waals surface area contributed by atoms with Gasteiger partial charge in [0.05, 0.1) is 0 Å². The summed E-state index contributed by atoms with van der Waals surface area (Å²) in [6.07, 6.45) is 2.20. The molecule has 1 unspecified atom stereocenters. The maximum atomic E-state index is 5.95. The van der Waals surface area contributed by atoms with E-state index in [1.807, 2.05) is 0 Å². The summed E-state index contributed by atoms with van der Waals surface area (Å²) in [6.45, 7) is 6.69. The smallest absolute Gasteiger partial charge is 0.0399 e. The summed E-state index contributed by atoms with van der Waals surface area (Å²) < 4.78 is 0. The Labute approximate surface area is 111 Å². The van der Waals surface area contributed by atoms with Crippen LogP contribution in [-0.2, 0) is 6.42 Å². The molecule has 1 aliphatic heterocycles. The first-order valence-electron chi connectivity index (χ1n) is 6.94. The van der Waals surface area contributed by atoms with Crippen LogP contribution in [0.3, 0.4) is 0 Å². The lowest BCUT2D eigenvalue weighted by atomic mass is 10.0. The second-order valence-corrected chi connectivity index (χ2v) is 5.45. The first-order valence-corrected chi connectivity index (χ1v) is 6.94.